The lowest BCUT2D eigenvalue weighted by Gasteiger charge is -2.36. The zero-order valence-corrected chi connectivity index (χ0v) is 18.7. The quantitative estimate of drug-likeness (QED) is 0.548. The summed E-state index contributed by atoms with van der Waals surface area (Å²) < 4.78 is 27.3. The number of nitrogens with two attached hydrogens (primary N) is 1. The number of anilines is 1. The Labute approximate surface area is 181 Å². The second kappa shape index (κ2) is 11.1. The molecule has 0 radical (unpaired) electrons. The fourth-order valence-electron chi connectivity index (χ4n) is 4.50. The largest absolute Gasteiger partial charge is 0.369 e. The molecule has 1 saturated carbocycles. The molecular formula is C22H36N4O3S. The lowest BCUT2D eigenvalue weighted by molar-refractivity contribution is 0.100. The van der Waals surface area contributed by atoms with Crippen LogP contribution in [0.15, 0.2) is 24.3 Å². The van der Waals surface area contributed by atoms with Crippen molar-refractivity contribution in [3.8, 4) is 0 Å². The second-order valence-corrected chi connectivity index (χ2v) is 10.5. The van der Waals surface area contributed by atoms with Gasteiger partial charge in [-0.25, -0.2) is 13.1 Å². The predicted octanol–water partition coefficient (Wildman–Crippen LogP) is 2.19. The maximum Gasteiger partial charge on any atom is 0.248 e. The molecule has 1 aromatic rings. The van der Waals surface area contributed by atoms with Gasteiger partial charge in [-0.1, -0.05) is 25.3 Å². The average Bonchev–Trinajstić information content (AvgIpc) is 2.74. The number of benzene rings is 1. The molecule has 2 fully saturated rings. The first-order chi connectivity index (χ1) is 14.4. The Hall–Kier alpha value is -1.64. The van der Waals surface area contributed by atoms with Crippen LogP contribution in [-0.4, -0.2) is 64.2 Å². The van der Waals surface area contributed by atoms with Crippen LogP contribution in [0.2, 0.25) is 0 Å². The van der Waals surface area contributed by atoms with E-state index in [1.807, 2.05) is 18.2 Å². The number of amides is 1. The van der Waals surface area contributed by atoms with Crippen LogP contribution in [0.3, 0.4) is 0 Å². The molecule has 0 spiro atoms. The number of piperazine rings is 1. The van der Waals surface area contributed by atoms with E-state index in [4.69, 9.17) is 5.73 Å². The third kappa shape index (κ3) is 7.25. The van der Waals surface area contributed by atoms with Gasteiger partial charge in [0.2, 0.25) is 15.9 Å². The number of carbonyl (C=O) groups excluding carboxylic acids is 1. The molecule has 3 N–H and O–H groups in total. The summed E-state index contributed by atoms with van der Waals surface area (Å²) in [5, 5.41) is 0. The third-order valence-electron chi connectivity index (χ3n) is 6.27. The van der Waals surface area contributed by atoms with Gasteiger partial charge in [0.15, 0.2) is 0 Å². The van der Waals surface area contributed by atoms with Crippen LogP contribution in [0.25, 0.3) is 0 Å². The predicted molar refractivity (Wildman–Crippen MR) is 121 cm³/mol. The highest BCUT2D eigenvalue weighted by Gasteiger charge is 2.21. The van der Waals surface area contributed by atoms with Gasteiger partial charge in [-0.05, 0) is 56.3 Å². The maximum absolute atomic E-state index is 12.2. The molecule has 1 amide bonds. The van der Waals surface area contributed by atoms with Gasteiger partial charge in [0.25, 0.3) is 0 Å². The molecule has 7 nitrogen and oxygen atoms in total. The molecule has 1 aromatic carbocycles. The molecule has 8 heteroatoms. The Balaban J connectivity index is 1.30. The molecule has 0 unspecified atom stereocenters. The van der Waals surface area contributed by atoms with Crippen molar-refractivity contribution < 1.29 is 13.2 Å². The average molecular weight is 437 g/mol. The molecule has 2 aliphatic rings. The zero-order valence-electron chi connectivity index (χ0n) is 17.9. The first-order valence-electron chi connectivity index (χ1n) is 11.3. The van der Waals surface area contributed by atoms with E-state index in [1.54, 1.807) is 6.07 Å². The maximum atomic E-state index is 12.2. The van der Waals surface area contributed by atoms with Crippen LogP contribution in [0.5, 0.6) is 0 Å². The van der Waals surface area contributed by atoms with Gasteiger partial charge in [0.1, 0.15) is 0 Å². The molecule has 3 rings (SSSR count). The smallest absolute Gasteiger partial charge is 0.248 e. The molecule has 30 heavy (non-hydrogen) atoms. The standard InChI is InChI=1S/C22H36N4O3S/c23-22(27)20-9-6-10-21(17-20)26-15-13-25(14-16-26)12-5-4-11-24-30(28,29)18-19-7-2-1-3-8-19/h6,9-10,17,19,24H,1-5,7-8,11-16,18H2,(H2,23,27). The van der Waals surface area contributed by atoms with Gasteiger partial charge in [-0.15, -0.1) is 0 Å². The van der Waals surface area contributed by atoms with Gasteiger partial charge in [-0.3, -0.25) is 9.69 Å². The van der Waals surface area contributed by atoms with Crippen molar-refractivity contribution in [3.63, 3.8) is 0 Å². The van der Waals surface area contributed by atoms with Crippen LogP contribution in [-0.2, 0) is 10.0 Å². The van der Waals surface area contributed by atoms with E-state index in [2.05, 4.69) is 14.5 Å². The van der Waals surface area contributed by atoms with Gasteiger partial charge in [-0.2, -0.15) is 0 Å². The number of hydrogen-bond acceptors (Lipinski definition) is 5. The van der Waals surface area contributed by atoms with Crippen molar-refractivity contribution in [2.45, 2.75) is 44.9 Å². The summed E-state index contributed by atoms with van der Waals surface area (Å²) in [5.41, 5.74) is 6.96. The van der Waals surface area contributed by atoms with Crippen LogP contribution in [0.1, 0.15) is 55.3 Å². The molecule has 1 aliphatic heterocycles. The number of hydrogen-bond donors (Lipinski definition) is 2. The summed E-state index contributed by atoms with van der Waals surface area (Å²) in [7, 11) is -3.14. The summed E-state index contributed by atoms with van der Waals surface area (Å²) >= 11 is 0. The monoisotopic (exact) mass is 436 g/mol. The van der Waals surface area contributed by atoms with E-state index in [9.17, 15) is 13.2 Å². The normalized spacial score (nSPS) is 19.1. The van der Waals surface area contributed by atoms with Crippen molar-refractivity contribution in [2.24, 2.45) is 11.7 Å². The van der Waals surface area contributed by atoms with Gasteiger partial charge < -0.3 is 10.6 Å². The molecule has 1 saturated heterocycles. The highest BCUT2D eigenvalue weighted by Crippen LogP contribution is 2.24. The summed E-state index contributed by atoms with van der Waals surface area (Å²) in [5.74, 6) is 0.243. The number of nitrogens with one attached hydrogen (secondary N) is 1. The molecule has 0 aromatic heterocycles. The number of primary amides is 1. The highest BCUT2D eigenvalue weighted by molar-refractivity contribution is 7.89. The van der Waals surface area contributed by atoms with Crippen molar-refractivity contribution in [2.75, 3.05) is 49.9 Å². The fraction of sp³-hybridized carbons (Fsp3) is 0.682. The number of rotatable bonds is 10. The van der Waals surface area contributed by atoms with Crippen molar-refractivity contribution in [1.29, 1.82) is 0 Å². The van der Waals surface area contributed by atoms with Gasteiger partial charge >= 0.3 is 0 Å². The topological polar surface area (TPSA) is 95.7 Å². The van der Waals surface area contributed by atoms with Crippen LogP contribution >= 0.6 is 0 Å². The summed E-state index contributed by atoms with van der Waals surface area (Å²) in [6.45, 7) is 5.28. The van der Waals surface area contributed by atoms with Gasteiger partial charge in [0, 0.05) is 44.0 Å². The summed E-state index contributed by atoms with van der Waals surface area (Å²) in [4.78, 5) is 16.1. The number of sulfonamides is 1. The Bertz CT molecular complexity index is 785. The van der Waals surface area contributed by atoms with E-state index in [-0.39, 0.29) is 0 Å². The minimum absolute atomic E-state index is 0.298. The Morgan fingerprint density at radius 2 is 1.80 bits per heavy atom. The third-order valence-corrected chi connectivity index (χ3v) is 7.83. The minimum atomic E-state index is -3.14. The van der Waals surface area contributed by atoms with Crippen LogP contribution in [0.4, 0.5) is 5.69 Å². The second-order valence-electron chi connectivity index (χ2n) is 8.63. The minimum Gasteiger partial charge on any atom is -0.369 e. The zero-order chi connectivity index (χ0) is 21.4. The molecular weight excluding hydrogens is 400 g/mol. The first kappa shape index (κ1) is 23.0. The van der Waals surface area contributed by atoms with Crippen LogP contribution in [0, 0.1) is 5.92 Å². The van der Waals surface area contributed by atoms with Crippen molar-refractivity contribution in [1.82, 2.24) is 9.62 Å². The Morgan fingerprint density at radius 3 is 2.50 bits per heavy atom. The van der Waals surface area contributed by atoms with E-state index in [0.717, 1.165) is 64.1 Å². The Kier molecular flexibility index (Phi) is 8.53. The van der Waals surface area contributed by atoms with E-state index in [1.165, 1.54) is 19.3 Å². The molecule has 168 valence electrons. The van der Waals surface area contributed by atoms with Crippen LogP contribution < -0.4 is 15.4 Å². The Morgan fingerprint density at radius 1 is 1.07 bits per heavy atom. The molecule has 0 atom stereocenters. The molecule has 1 aliphatic carbocycles. The van der Waals surface area contributed by atoms with Crippen molar-refractivity contribution in [3.05, 3.63) is 29.8 Å². The lowest BCUT2D eigenvalue weighted by atomic mass is 9.91. The highest BCUT2D eigenvalue weighted by atomic mass is 32.2. The van der Waals surface area contributed by atoms with E-state index >= 15 is 0 Å². The first-order valence-corrected chi connectivity index (χ1v) is 12.9. The SMILES string of the molecule is NC(=O)c1cccc(N2CCN(CCCCNS(=O)(=O)CC3CCCCC3)CC2)c1. The lowest BCUT2D eigenvalue weighted by Crippen LogP contribution is -2.46. The van der Waals surface area contributed by atoms with E-state index in [0.29, 0.717) is 23.8 Å². The molecule has 0 bridgehead atoms. The summed E-state index contributed by atoms with van der Waals surface area (Å²) in [6, 6.07) is 7.49. The molecule has 1 heterocycles. The fourth-order valence-corrected chi connectivity index (χ4v) is 6.02. The number of nitrogens with zero attached hydrogens (tertiary/aromatic N) is 2. The van der Waals surface area contributed by atoms with Gasteiger partial charge in [0.05, 0.1) is 5.75 Å². The number of carbonyl (C=O) groups is 1. The number of unbranched alkanes of at least 4 members (excludes halogenated alkanes) is 1. The van der Waals surface area contributed by atoms with Crippen molar-refractivity contribution >= 4 is 21.6 Å². The summed E-state index contributed by atoms with van der Waals surface area (Å²) in [6.07, 6.45) is 7.55. The van der Waals surface area contributed by atoms with E-state index < -0.39 is 15.9 Å².